The molecule has 4 heterocycles. The monoisotopic (exact) mass is 419 g/mol. The molecule has 6 nitrogen and oxygen atoms in total. The van der Waals surface area contributed by atoms with Crippen LogP contribution in [-0.4, -0.2) is 58.9 Å². The Morgan fingerprint density at radius 2 is 1.93 bits per heavy atom. The van der Waals surface area contributed by atoms with E-state index in [2.05, 4.69) is 56.5 Å². The summed E-state index contributed by atoms with van der Waals surface area (Å²) in [6.07, 6.45) is 0. The molecule has 30 heavy (non-hydrogen) atoms. The van der Waals surface area contributed by atoms with Gasteiger partial charge in [-0.3, -0.25) is 4.79 Å². The molecule has 1 aromatic carbocycles. The minimum absolute atomic E-state index is 0.0599. The van der Waals surface area contributed by atoms with Gasteiger partial charge in [-0.15, -0.1) is 0 Å². The first-order chi connectivity index (χ1) is 14.5. The normalized spacial score (nSPS) is 15.2. The van der Waals surface area contributed by atoms with E-state index in [0.717, 1.165) is 71.1 Å². The molecule has 0 atom stereocenters. The van der Waals surface area contributed by atoms with E-state index in [-0.39, 0.29) is 5.78 Å². The molecule has 1 aliphatic heterocycles. The van der Waals surface area contributed by atoms with Crippen molar-refractivity contribution in [1.29, 1.82) is 0 Å². The summed E-state index contributed by atoms with van der Waals surface area (Å²) in [6.45, 7) is 7.78. The van der Waals surface area contributed by atoms with Gasteiger partial charge in [-0.1, -0.05) is 0 Å². The van der Waals surface area contributed by atoms with Crippen LogP contribution in [0, 0.1) is 6.92 Å². The molecule has 1 aliphatic rings. The van der Waals surface area contributed by atoms with Crippen LogP contribution in [0.25, 0.3) is 33.7 Å². The average Bonchev–Trinajstić information content (AvgIpc) is 3.45. The molecule has 0 radical (unpaired) electrons. The number of nitrogens with zero attached hydrogens (tertiary/aromatic N) is 3. The average molecular weight is 420 g/mol. The fourth-order valence-electron chi connectivity index (χ4n) is 4.32. The summed E-state index contributed by atoms with van der Waals surface area (Å²) in [5.74, 6) is 0.821. The summed E-state index contributed by atoms with van der Waals surface area (Å²) >= 11 is 1.63. The van der Waals surface area contributed by atoms with Gasteiger partial charge in [0.2, 0.25) is 0 Å². The Kier molecular flexibility index (Phi) is 4.72. The molecule has 7 heteroatoms. The minimum Gasteiger partial charge on any atom is -0.369 e. The van der Waals surface area contributed by atoms with Crippen molar-refractivity contribution in [3.63, 3.8) is 0 Å². The summed E-state index contributed by atoms with van der Waals surface area (Å²) in [6, 6.07) is 8.47. The quantitative estimate of drug-likeness (QED) is 0.476. The smallest absolute Gasteiger partial charge is 0.162 e. The van der Waals surface area contributed by atoms with Crippen molar-refractivity contribution in [2.24, 2.45) is 0 Å². The largest absolute Gasteiger partial charge is 0.369 e. The summed E-state index contributed by atoms with van der Waals surface area (Å²) in [7, 11) is 2.17. The van der Waals surface area contributed by atoms with Gasteiger partial charge < -0.3 is 19.8 Å². The molecular formula is C23H25N5OS. The van der Waals surface area contributed by atoms with Gasteiger partial charge in [0, 0.05) is 48.7 Å². The fourth-order valence-corrected chi connectivity index (χ4v) is 4.96. The van der Waals surface area contributed by atoms with E-state index in [1.807, 2.05) is 12.3 Å². The van der Waals surface area contributed by atoms with E-state index in [9.17, 15) is 4.79 Å². The molecule has 0 amide bonds. The lowest BCUT2D eigenvalue weighted by atomic mass is 10.00. The van der Waals surface area contributed by atoms with Gasteiger partial charge in [-0.05, 0) is 61.5 Å². The van der Waals surface area contributed by atoms with Gasteiger partial charge in [0.25, 0.3) is 0 Å². The van der Waals surface area contributed by atoms with Gasteiger partial charge >= 0.3 is 0 Å². The van der Waals surface area contributed by atoms with Gasteiger partial charge in [-0.2, -0.15) is 11.3 Å². The van der Waals surface area contributed by atoms with Crippen LogP contribution in [-0.2, 0) is 0 Å². The first-order valence-electron chi connectivity index (χ1n) is 10.2. The fraction of sp³-hybridized carbons (Fsp3) is 0.304. The number of thiophene rings is 1. The molecule has 1 fully saturated rings. The highest BCUT2D eigenvalue weighted by molar-refractivity contribution is 7.08. The second-order valence-corrected chi connectivity index (χ2v) is 8.80. The van der Waals surface area contributed by atoms with E-state index >= 15 is 0 Å². The Bertz CT molecular complexity index is 1210. The number of rotatable bonds is 4. The number of nitrogens with one attached hydrogen (secondary N) is 2. The third-order valence-corrected chi connectivity index (χ3v) is 6.60. The van der Waals surface area contributed by atoms with Crippen molar-refractivity contribution in [3.05, 3.63) is 46.3 Å². The van der Waals surface area contributed by atoms with Crippen LogP contribution in [0.15, 0.2) is 35.0 Å². The van der Waals surface area contributed by atoms with Crippen LogP contribution in [0.4, 0.5) is 5.69 Å². The first-order valence-corrected chi connectivity index (χ1v) is 11.2. The Balaban J connectivity index is 1.59. The number of benzene rings is 1. The van der Waals surface area contributed by atoms with Crippen LogP contribution in [0.2, 0.25) is 0 Å². The van der Waals surface area contributed by atoms with Crippen molar-refractivity contribution < 1.29 is 4.79 Å². The Morgan fingerprint density at radius 1 is 1.13 bits per heavy atom. The number of ketones is 1. The zero-order valence-electron chi connectivity index (χ0n) is 17.5. The predicted molar refractivity (Wildman–Crippen MR) is 124 cm³/mol. The summed E-state index contributed by atoms with van der Waals surface area (Å²) in [5, 5.41) is 4.11. The van der Waals surface area contributed by atoms with Crippen LogP contribution >= 0.6 is 11.3 Å². The van der Waals surface area contributed by atoms with E-state index < -0.39 is 0 Å². The number of hydrogen-bond donors (Lipinski definition) is 2. The predicted octanol–water partition coefficient (Wildman–Crippen LogP) is 4.55. The zero-order valence-corrected chi connectivity index (χ0v) is 18.3. The van der Waals surface area contributed by atoms with Gasteiger partial charge in [0.05, 0.1) is 16.7 Å². The second-order valence-electron chi connectivity index (χ2n) is 8.02. The van der Waals surface area contributed by atoms with Crippen LogP contribution in [0.1, 0.15) is 23.0 Å². The highest BCUT2D eigenvalue weighted by atomic mass is 32.1. The molecule has 0 bridgehead atoms. The Morgan fingerprint density at radius 3 is 2.63 bits per heavy atom. The number of aromatic amines is 2. The molecule has 4 aromatic rings. The maximum absolute atomic E-state index is 12.4. The number of Topliss-reactive ketones (excluding diaryl/α,β-unsaturated/α-hetero) is 1. The van der Waals surface area contributed by atoms with Crippen LogP contribution in [0.5, 0.6) is 0 Å². The highest BCUT2D eigenvalue weighted by Crippen LogP contribution is 2.37. The maximum Gasteiger partial charge on any atom is 0.162 e. The van der Waals surface area contributed by atoms with Gasteiger partial charge in [0.15, 0.2) is 11.6 Å². The number of likely N-dealkylation sites (N-methyl/N-ethyl adjacent to an activating group) is 1. The molecule has 0 saturated carbocycles. The number of hydrogen-bond acceptors (Lipinski definition) is 5. The molecule has 0 unspecified atom stereocenters. The van der Waals surface area contributed by atoms with Crippen molar-refractivity contribution in [2.75, 3.05) is 38.1 Å². The molecule has 0 spiro atoms. The standard InChI is InChI=1S/C23H25N5OS/c1-14-20(15(2)29)21(16-6-11-30-13-16)22(24-14)23-25-18-5-4-17(12-19(18)26-23)28-9-7-27(3)8-10-28/h4-6,11-13,24H,7-10H2,1-3H3,(H,25,26). The summed E-state index contributed by atoms with van der Waals surface area (Å²) in [4.78, 5) is 28.9. The number of piperazine rings is 1. The highest BCUT2D eigenvalue weighted by Gasteiger charge is 2.23. The summed E-state index contributed by atoms with van der Waals surface area (Å²) < 4.78 is 0. The number of carbonyl (C=O) groups excluding carboxylic acids is 1. The third-order valence-electron chi connectivity index (χ3n) is 5.92. The number of aryl methyl sites for hydroxylation is 1. The number of fused-ring (bicyclic) bond motifs is 1. The number of aromatic nitrogens is 3. The SMILES string of the molecule is CC(=O)c1c(C)[nH]c(-c2nc3ccc(N4CCN(C)CC4)cc3[nH]2)c1-c1ccsc1. The van der Waals surface area contributed by atoms with E-state index in [1.54, 1.807) is 18.3 Å². The van der Waals surface area contributed by atoms with Crippen molar-refractivity contribution in [3.8, 4) is 22.6 Å². The van der Waals surface area contributed by atoms with Gasteiger partial charge in [0.1, 0.15) is 0 Å². The zero-order chi connectivity index (χ0) is 20.8. The topological polar surface area (TPSA) is 68.0 Å². The second kappa shape index (κ2) is 7.41. The molecule has 154 valence electrons. The number of H-pyrrole nitrogens is 2. The Labute approximate surface area is 179 Å². The summed E-state index contributed by atoms with van der Waals surface area (Å²) in [5.41, 5.74) is 7.61. The molecular weight excluding hydrogens is 394 g/mol. The molecule has 1 saturated heterocycles. The maximum atomic E-state index is 12.4. The lowest BCUT2D eigenvalue weighted by Crippen LogP contribution is -2.44. The lowest BCUT2D eigenvalue weighted by Gasteiger charge is -2.34. The minimum atomic E-state index is 0.0599. The molecule has 5 rings (SSSR count). The molecule has 3 aromatic heterocycles. The van der Waals surface area contributed by atoms with Crippen molar-refractivity contribution in [1.82, 2.24) is 19.9 Å². The third kappa shape index (κ3) is 3.24. The van der Waals surface area contributed by atoms with Crippen molar-refractivity contribution >= 4 is 33.8 Å². The van der Waals surface area contributed by atoms with E-state index in [4.69, 9.17) is 4.98 Å². The van der Waals surface area contributed by atoms with Crippen LogP contribution < -0.4 is 4.90 Å². The Hall–Kier alpha value is -2.90. The number of carbonyl (C=O) groups is 1. The van der Waals surface area contributed by atoms with Gasteiger partial charge in [-0.25, -0.2) is 4.98 Å². The molecule has 2 N–H and O–H groups in total. The van der Waals surface area contributed by atoms with Crippen LogP contribution in [0.3, 0.4) is 0 Å². The lowest BCUT2D eigenvalue weighted by molar-refractivity contribution is 0.101. The first kappa shape index (κ1) is 19.1. The molecule has 0 aliphatic carbocycles. The van der Waals surface area contributed by atoms with E-state index in [0.29, 0.717) is 0 Å². The number of imidazole rings is 1. The van der Waals surface area contributed by atoms with E-state index in [1.165, 1.54) is 5.69 Å². The number of anilines is 1. The van der Waals surface area contributed by atoms with Crippen molar-refractivity contribution in [2.45, 2.75) is 13.8 Å².